The Labute approximate surface area is 663 Å². The van der Waals surface area contributed by atoms with Gasteiger partial charge in [-0.05, 0) is 63.1 Å². The number of aryl methyl sites for hydroxylation is 1. The number of carbonyl (C=O) groups excluding carboxylic acids is 7. The number of halogens is 2. The lowest BCUT2D eigenvalue weighted by molar-refractivity contribution is -0.147. The molecule has 1 aliphatic heterocycles. The maximum absolute atomic E-state index is 12.9. The van der Waals surface area contributed by atoms with Gasteiger partial charge in [-0.3, -0.25) is 81.6 Å². The lowest BCUT2D eigenvalue weighted by Gasteiger charge is -2.26. The third-order valence-corrected chi connectivity index (χ3v) is 15.4. The molecule has 0 aliphatic carbocycles. The molecule has 0 radical (unpaired) electrons. The predicted octanol–water partition coefficient (Wildman–Crippen LogP) is 3.88. The van der Waals surface area contributed by atoms with Crippen molar-refractivity contribution in [2.45, 2.75) is 87.6 Å². The van der Waals surface area contributed by atoms with Crippen molar-refractivity contribution in [1.29, 1.82) is 0 Å². The van der Waals surface area contributed by atoms with E-state index in [0.29, 0.717) is 75.5 Å². The Hall–Kier alpha value is -13.6. The molecule has 1 saturated heterocycles. The molecule has 0 atom stereocenters. The molecular formula is C74H79Cl2N21O18. The Morgan fingerprint density at radius 1 is 0.487 bits per heavy atom. The largest absolute Gasteiger partial charge is 0.462 e. The highest BCUT2D eigenvalue weighted by Gasteiger charge is 2.22. The minimum absolute atomic E-state index is 0.00928. The number of nitrogen functional groups attached to an aromatic ring is 2. The van der Waals surface area contributed by atoms with Crippen LogP contribution in [0.15, 0.2) is 168 Å². The summed E-state index contributed by atoms with van der Waals surface area (Å²) < 4.78 is 33.1. The van der Waals surface area contributed by atoms with Gasteiger partial charge in [0.1, 0.15) is 47.4 Å². The van der Waals surface area contributed by atoms with Gasteiger partial charge in [0.15, 0.2) is 22.5 Å². The Balaban J connectivity index is 0.000000199. The molecule has 9 N–H and O–H groups in total. The van der Waals surface area contributed by atoms with Gasteiger partial charge in [-0.1, -0.05) is 47.5 Å². The molecule has 2 aromatic carbocycles. The van der Waals surface area contributed by atoms with Crippen molar-refractivity contribution in [3.05, 3.63) is 256 Å². The molecule has 0 saturated carbocycles. The number of aliphatic hydroxyl groups is 2. The minimum atomic E-state index is -0.803. The average molecular weight is 1620 g/mol. The van der Waals surface area contributed by atoms with Crippen molar-refractivity contribution < 1.29 is 72.2 Å². The minimum Gasteiger partial charge on any atom is -0.462 e. The first-order chi connectivity index (χ1) is 55.3. The van der Waals surface area contributed by atoms with Crippen molar-refractivity contribution in [2.75, 3.05) is 62.9 Å². The molecule has 12 rings (SSSR count). The molecule has 602 valence electrons. The van der Waals surface area contributed by atoms with E-state index in [4.69, 9.17) is 73.3 Å². The number of aliphatic hydroxyl groups excluding tert-OH is 2. The number of hydrogen-bond acceptors (Lipinski definition) is 34. The fraction of sp³-hybridized carbons (Fsp3) is 0.270. The molecule has 41 heteroatoms. The van der Waals surface area contributed by atoms with E-state index in [0.717, 1.165) is 52.4 Å². The monoisotopic (exact) mass is 1620 g/mol. The van der Waals surface area contributed by atoms with E-state index in [-0.39, 0.29) is 93.1 Å². The molecule has 11 aromatic rings. The molecule has 115 heavy (non-hydrogen) atoms. The zero-order chi connectivity index (χ0) is 83.3. The van der Waals surface area contributed by atoms with E-state index in [1.807, 2.05) is 19.1 Å². The Kier molecular flexibility index (Phi) is 35.2. The highest BCUT2D eigenvalue weighted by Crippen LogP contribution is 2.14. The van der Waals surface area contributed by atoms with Crippen LogP contribution in [0.5, 0.6) is 0 Å². The number of ether oxygens (including phenoxy) is 6. The number of hydrogen-bond donors (Lipinski definition) is 7. The zero-order valence-corrected chi connectivity index (χ0v) is 64.3. The molecule has 39 nitrogen and oxygen atoms in total. The van der Waals surface area contributed by atoms with Crippen LogP contribution >= 0.6 is 23.2 Å². The first-order valence-electron chi connectivity index (χ1n) is 34.6. The van der Waals surface area contributed by atoms with Crippen LogP contribution < -0.4 is 44.1 Å². The van der Waals surface area contributed by atoms with Crippen molar-refractivity contribution >= 4 is 99.3 Å². The summed E-state index contributed by atoms with van der Waals surface area (Å²) in [4.78, 5) is 169. The number of anilines is 3. The van der Waals surface area contributed by atoms with E-state index in [9.17, 15) is 47.9 Å². The van der Waals surface area contributed by atoms with Crippen LogP contribution in [0.1, 0.15) is 111 Å². The normalized spacial score (nSPS) is 11.3. The van der Waals surface area contributed by atoms with Gasteiger partial charge in [0.2, 0.25) is 0 Å². The van der Waals surface area contributed by atoms with E-state index in [1.54, 1.807) is 75.8 Å². The lowest BCUT2D eigenvalue weighted by atomic mass is 10.2. The highest BCUT2D eigenvalue weighted by molar-refractivity contribution is 6.30. The average Bonchev–Trinajstić information content (AvgIpc) is 0.805. The molecule has 9 aromatic heterocycles. The number of benzene rings is 2. The lowest BCUT2D eigenvalue weighted by Crippen LogP contribution is -2.36. The van der Waals surface area contributed by atoms with Gasteiger partial charge in [0, 0.05) is 100.0 Å². The smallest absolute Gasteiger partial charge is 0.347 e. The maximum atomic E-state index is 12.9. The number of rotatable bonds is 22. The Morgan fingerprint density at radius 2 is 0.913 bits per heavy atom. The third-order valence-electron chi connectivity index (χ3n) is 14.9. The topological polar surface area (TPSA) is 526 Å². The maximum Gasteiger partial charge on any atom is 0.347 e. The van der Waals surface area contributed by atoms with Crippen LogP contribution in [-0.2, 0) is 93.7 Å². The Morgan fingerprint density at radius 3 is 1.36 bits per heavy atom. The summed E-state index contributed by atoms with van der Waals surface area (Å²) in [6.45, 7) is 13.5. The second kappa shape index (κ2) is 45.7. The highest BCUT2D eigenvalue weighted by atomic mass is 35.5. The van der Waals surface area contributed by atoms with Gasteiger partial charge in [-0.15, -0.1) is 0 Å². The van der Waals surface area contributed by atoms with Crippen molar-refractivity contribution in [3.8, 4) is 0 Å². The van der Waals surface area contributed by atoms with Crippen LogP contribution in [0.25, 0.3) is 16.9 Å². The van der Waals surface area contributed by atoms with Gasteiger partial charge in [-0.2, -0.15) is 0 Å². The Bertz CT molecular complexity index is 5310. The molecule has 0 spiro atoms. The van der Waals surface area contributed by atoms with Crippen LogP contribution in [0.2, 0.25) is 10.0 Å². The van der Waals surface area contributed by atoms with E-state index < -0.39 is 58.3 Å². The fourth-order valence-corrected chi connectivity index (χ4v) is 9.44. The van der Waals surface area contributed by atoms with Crippen LogP contribution in [-0.4, -0.2) is 176 Å². The summed E-state index contributed by atoms with van der Waals surface area (Å²) in [6.07, 6.45) is 22.2. The molecule has 1 aliphatic rings. The SMILES string of the molecule is CCOC(=O)C(=CNc1cnc(COC(C)=O)cn1)C(=O)OCC.CCOC(=O)c1cnc2cnc(COC(C)=O)cn2c1=O.Cc1cnc(N)cn1.Nc1cnc(CO)cn1.O=C(NCc1ccc(Cl)cc1)c1cnc2cnc(CN3CCOCC3)cn2c1=O.O=C(NCc1ccc(Cl)cc1)c1cnc2cnc(CO)cn2c1=O. The quantitative estimate of drug-likeness (QED) is 0.0166. The first kappa shape index (κ1) is 88.6. The molecule has 1 fully saturated rings. The van der Waals surface area contributed by atoms with Crippen molar-refractivity contribution in [3.63, 3.8) is 0 Å². The van der Waals surface area contributed by atoms with Gasteiger partial charge in [0.05, 0.1) is 136 Å². The fourth-order valence-electron chi connectivity index (χ4n) is 9.19. The summed E-state index contributed by atoms with van der Waals surface area (Å²) in [5.41, 5.74) is 14.4. The molecular weight excluding hydrogens is 1540 g/mol. The molecule has 10 heterocycles. The number of amides is 2. The molecule has 0 bridgehead atoms. The van der Waals surface area contributed by atoms with Crippen molar-refractivity contribution in [1.82, 2.24) is 88.5 Å². The van der Waals surface area contributed by atoms with Gasteiger partial charge < -0.3 is 66.1 Å². The van der Waals surface area contributed by atoms with Gasteiger partial charge >= 0.3 is 29.8 Å². The molecule has 2 amide bonds. The summed E-state index contributed by atoms with van der Waals surface area (Å²) in [5.74, 6) is -3.10. The third kappa shape index (κ3) is 28.6. The summed E-state index contributed by atoms with van der Waals surface area (Å²) in [5, 5.41) is 26.9. The predicted molar refractivity (Wildman–Crippen MR) is 412 cm³/mol. The number of nitrogens with two attached hydrogens (primary N) is 2. The van der Waals surface area contributed by atoms with Crippen LogP contribution in [0.3, 0.4) is 0 Å². The van der Waals surface area contributed by atoms with Gasteiger partial charge in [0.25, 0.3) is 28.5 Å². The number of nitrogens with one attached hydrogen (secondary N) is 3. The number of fused-ring (bicyclic) bond motifs is 3. The standard InChI is InChI=1S/C20H20ClN5O3.C16H13ClN4O3.C15H19N3O6.C13H13N3O5.C5H7N3O.C5H7N3/c21-15-3-1-14(2-4-15)9-24-19(27)17-10-23-18-11-22-16(13-26(18)20(17)28)12-25-5-7-29-8-6-25;17-11-3-1-10(2-4-11)5-20-15(23)13-6-19-14-7-18-12(9-22)8-21(14)16(13)24;1-4-22-14(20)12(15(21)23-5-2)7-18-13-8-16-11(6-17-13)9-24-10(3)19;1-3-20-13(19)10-4-15-11-5-14-9(7-21-8(2)17)6-16(11)12(10)18;6-5-2-7-4(3-9)1-8-5;1-4-2-8-5(6)3-7-4/h1-4,10-11,13H,5-9,12H2,(H,24,27);1-4,6-8,22H,5,9H2,(H,20,23);6-8H,4-5,9H2,1-3H3,(H,17,18);4-6H,3,7H2,1-2H3;1-2,9H,3H2,(H2,6,8);2-3H,1H3,(H2,6,8). The summed E-state index contributed by atoms with van der Waals surface area (Å²) >= 11 is 11.7. The number of morpholine rings is 1. The summed E-state index contributed by atoms with van der Waals surface area (Å²) in [6, 6.07) is 14.1. The van der Waals surface area contributed by atoms with E-state index >= 15 is 0 Å². The first-order valence-corrected chi connectivity index (χ1v) is 35.4. The second-order valence-electron chi connectivity index (χ2n) is 23.4. The van der Waals surface area contributed by atoms with Crippen LogP contribution in [0.4, 0.5) is 17.5 Å². The second-order valence-corrected chi connectivity index (χ2v) is 24.3. The number of aromatic nitrogens is 15. The van der Waals surface area contributed by atoms with Crippen LogP contribution in [0, 0.1) is 6.92 Å². The number of carbonyl (C=O) groups is 7. The molecule has 0 unspecified atom stereocenters. The van der Waals surface area contributed by atoms with E-state index in [2.05, 4.69) is 80.7 Å². The zero-order valence-electron chi connectivity index (χ0n) is 62.7. The van der Waals surface area contributed by atoms with Crippen molar-refractivity contribution in [2.24, 2.45) is 0 Å². The van der Waals surface area contributed by atoms with Gasteiger partial charge in [-0.25, -0.2) is 44.3 Å². The number of nitrogens with zero attached hydrogens (tertiary/aromatic N) is 16. The van der Waals surface area contributed by atoms with E-state index in [1.165, 1.54) is 90.8 Å². The number of esters is 5. The summed E-state index contributed by atoms with van der Waals surface area (Å²) in [7, 11) is 0.